The molecule has 6 nitrogen and oxygen atoms in total. The van der Waals surface area contributed by atoms with E-state index in [-0.39, 0.29) is 28.8 Å². The van der Waals surface area contributed by atoms with Gasteiger partial charge in [-0.2, -0.15) is 4.31 Å². The van der Waals surface area contributed by atoms with Crippen LogP contribution in [-0.4, -0.2) is 36.8 Å². The monoisotopic (exact) mass is 396 g/mol. The molecule has 0 aliphatic carbocycles. The Bertz CT molecular complexity index is 896. The first-order valence-electron chi connectivity index (χ1n) is 7.96. The Hall–Kier alpha value is -2.09. The Labute approximate surface area is 158 Å². The number of nitrogens with zero attached hydrogens (tertiary/aromatic N) is 1. The SMILES string of the molecule is CC(C)N(C)S(=O)(=O)c1ccc(CNC(=O)c2cc(Cl)ccc2O)cc1. The van der Waals surface area contributed by atoms with Crippen molar-refractivity contribution in [1.29, 1.82) is 0 Å². The van der Waals surface area contributed by atoms with Crippen molar-refractivity contribution in [2.45, 2.75) is 31.3 Å². The van der Waals surface area contributed by atoms with Gasteiger partial charge in [-0.1, -0.05) is 23.7 Å². The average molecular weight is 397 g/mol. The van der Waals surface area contributed by atoms with Crippen molar-refractivity contribution in [2.24, 2.45) is 0 Å². The predicted octanol–water partition coefficient (Wildman–Crippen LogP) is 3.00. The molecule has 1 amide bonds. The van der Waals surface area contributed by atoms with Crippen molar-refractivity contribution >= 4 is 27.5 Å². The van der Waals surface area contributed by atoms with Gasteiger partial charge in [-0.05, 0) is 49.7 Å². The minimum atomic E-state index is -3.54. The number of hydrogen-bond acceptors (Lipinski definition) is 4. The standard InChI is InChI=1S/C18H21ClN2O4S/c1-12(2)21(3)26(24,25)15-7-4-13(5-8-15)11-20-18(23)16-10-14(19)6-9-17(16)22/h4-10,12,22H,11H2,1-3H3,(H,20,23). The molecule has 0 aliphatic heterocycles. The van der Waals surface area contributed by atoms with E-state index in [4.69, 9.17) is 11.6 Å². The summed E-state index contributed by atoms with van der Waals surface area (Å²) in [5.41, 5.74) is 0.807. The van der Waals surface area contributed by atoms with E-state index >= 15 is 0 Å². The Balaban J connectivity index is 2.08. The fourth-order valence-electron chi connectivity index (χ4n) is 2.19. The van der Waals surface area contributed by atoms with Gasteiger partial charge in [0.2, 0.25) is 10.0 Å². The molecule has 8 heteroatoms. The third-order valence-electron chi connectivity index (χ3n) is 3.98. The molecule has 0 aliphatic rings. The second kappa shape index (κ2) is 8.07. The zero-order valence-electron chi connectivity index (χ0n) is 14.7. The van der Waals surface area contributed by atoms with Crippen LogP contribution < -0.4 is 5.32 Å². The maximum Gasteiger partial charge on any atom is 0.255 e. The molecule has 0 heterocycles. The summed E-state index contributed by atoms with van der Waals surface area (Å²) in [6.07, 6.45) is 0. The molecule has 0 saturated heterocycles. The summed E-state index contributed by atoms with van der Waals surface area (Å²) in [4.78, 5) is 12.3. The number of nitrogens with one attached hydrogen (secondary N) is 1. The Morgan fingerprint density at radius 2 is 1.81 bits per heavy atom. The number of rotatable bonds is 6. The molecule has 26 heavy (non-hydrogen) atoms. The Morgan fingerprint density at radius 1 is 1.19 bits per heavy atom. The van der Waals surface area contributed by atoms with Gasteiger partial charge in [0.05, 0.1) is 10.5 Å². The molecule has 2 aromatic rings. The fourth-order valence-corrected chi connectivity index (χ4v) is 3.73. The van der Waals surface area contributed by atoms with Gasteiger partial charge < -0.3 is 10.4 Å². The predicted molar refractivity (Wildman–Crippen MR) is 101 cm³/mol. The molecule has 0 aromatic heterocycles. The van der Waals surface area contributed by atoms with Crippen molar-refractivity contribution in [3.63, 3.8) is 0 Å². The molecule has 0 unspecified atom stereocenters. The highest BCUT2D eigenvalue weighted by Crippen LogP contribution is 2.21. The highest BCUT2D eigenvalue weighted by Gasteiger charge is 2.22. The largest absolute Gasteiger partial charge is 0.507 e. The van der Waals surface area contributed by atoms with E-state index in [2.05, 4.69) is 5.32 Å². The number of aromatic hydroxyl groups is 1. The molecule has 0 radical (unpaired) electrons. The molecule has 0 spiro atoms. The van der Waals surface area contributed by atoms with Gasteiger partial charge in [0.1, 0.15) is 5.75 Å². The van der Waals surface area contributed by atoms with E-state index < -0.39 is 15.9 Å². The van der Waals surface area contributed by atoms with Crippen LogP contribution in [-0.2, 0) is 16.6 Å². The highest BCUT2D eigenvalue weighted by atomic mass is 35.5. The number of phenols is 1. The number of phenolic OH excluding ortho intramolecular Hbond substituents is 1. The topological polar surface area (TPSA) is 86.7 Å². The van der Waals surface area contributed by atoms with Gasteiger partial charge in [0.25, 0.3) is 5.91 Å². The quantitative estimate of drug-likeness (QED) is 0.785. The lowest BCUT2D eigenvalue weighted by Gasteiger charge is -2.21. The normalized spacial score (nSPS) is 11.8. The summed E-state index contributed by atoms with van der Waals surface area (Å²) in [6, 6.07) is 10.4. The number of halogens is 1. The third kappa shape index (κ3) is 4.55. The molecule has 0 atom stereocenters. The summed E-state index contributed by atoms with van der Waals surface area (Å²) >= 11 is 5.83. The zero-order valence-corrected chi connectivity index (χ0v) is 16.3. The summed E-state index contributed by atoms with van der Waals surface area (Å²) in [6.45, 7) is 3.78. The van der Waals surface area contributed by atoms with Crippen molar-refractivity contribution in [3.05, 3.63) is 58.6 Å². The van der Waals surface area contributed by atoms with Crippen molar-refractivity contribution in [3.8, 4) is 5.75 Å². The van der Waals surface area contributed by atoms with Crippen LogP contribution in [0, 0.1) is 0 Å². The second-order valence-electron chi connectivity index (χ2n) is 6.10. The lowest BCUT2D eigenvalue weighted by Crippen LogP contribution is -2.33. The lowest BCUT2D eigenvalue weighted by molar-refractivity contribution is 0.0948. The van der Waals surface area contributed by atoms with Gasteiger partial charge in [0, 0.05) is 24.7 Å². The van der Waals surface area contributed by atoms with Crippen LogP contribution in [0.5, 0.6) is 5.75 Å². The van der Waals surface area contributed by atoms with Gasteiger partial charge in [-0.15, -0.1) is 0 Å². The third-order valence-corrected chi connectivity index (χ3v) is 6.27. The molecule has 2 rings (SSSR count). The first-order valence-corrected chi connectivity index (χ1v) is 9.78. The summed E-state index contributed by atoms with van der Waals surface area (Å²) < 4.78 is 26.1. The highest BCUT2D eigenvalue weighted by molar-refractivity contribution is 7.89. The average Bonchev–Trinajstić information content (AvgIpc) is 2.61. The van der Waals surface area contributed by atoms with E-state index in [9.17, 15) is 18.3 Å². The molecule has 2 N–H and O–H groups in total. The molecular weight excluding hydrogens is 376 g/mol. The summed E-state index contributed by atoms with van der Waals surface area (Å²) in [5.74, 6) is -0.633. The molecular formula is C18H21ClN2O4S. The van der Waals surface area contributed by atoms with Crippen LogP contribution >= 0.6 is 11.6 Å². The maximum absolute atomic E-state index is 12.4. The second-order valence-corrected chi connectivity index (χ2v) is 8.54. The van der Waals surface area contributed by atoms with Crippen LogP contribution in [0.25, 0.3) is 0 Å². The molecule has 0 fully saturated rings. The number of carbonyl (C=O) groups is 1. The van der Waals surface area contributed by atoms with E-state index in [0.717, 1.165) is 5.56 Å². The molecule has 140 valence electrons. The lowest BCUT2D eigenvalue weighted by atomic mass is 10.1. The molecule has 0 saturated carbocycles. The first kappa shape index (κ1) is 20.2. The maximum atomic E-state index is 12.4. The van der Waals surface area contributed by atoms with Crippen molar-refractivity contribution in [1.82, 2.24) is 9.62 Å². The van der Waals surface area contributed by atoms with Crippen LogP contribution in [0.3, 0.4) is 0 Å². The van der Waals surface area contributed by atoms with E-state index in [1.807, 2.05) is 0 Å². The minimum absolute atomic E-state index is 0.0789. The van der Waals surface area contributed by atoms with Crippen molar-refractivity contribution < 1.29 is 18.3 Å². The summed E-state index contributed by atoms with van der Waals surface area (Å²) in [7, 11) is -2.01. The van der Waals surface area contributed by atoms with Crippen molar-refractivity contribution in [2.75, 3.05) is 7.05 Å². The van der Waals surface area contributed by atoms with Gasteiger partial charge in [-0.25, -0.2) is 8.42 Å². The van der Waals surface area contributed by atoms with Crippen LogP contribution in [0.2, 0.25) is 5.02 Å². The van der Waals surface area contributed by atoms with E-state index in [1.165, 1.54) is 41.7 Å². The minimum Gasteiger partial charge on any atom is -0.507 e. The molecule has 0 bridgehead atoms. The van der Waals surface area contributed by atoms with Gasteiger partial charge in [-0.3, -0.25) is 4.79 Å². The number of carbonyl (C=O) groups excluding carboxylic acids is 1. The number of amides is 1. The number of hydrogen-bond donors (Lipinski definition) is 2. The first-order chi connectivity index (χ1) is 12.1. The van der Waals surface area contributed by atoms with Crippen LogP contribution in [0.15, 0.2) is 47.4 Å². The number of sulfonamides is 1. The Morgan fingerprint density at radius 3 is 2.38 bits per heavy atom. The van der Waals surface area contributed by atoms with Gasteiger partial charge in [0.15, 0.2) is 0 Å². The van der Waals surface area contributed by atoms with Crippen LogP contribution in [0.4, 0.5) is 0 Å². The van der Waals surface area contributed by atoms with Gasteiger partial charge >= 0.3 is 0 Å². The molecule has 2 aromatic carbocycles. The van der Waals surface area contributed by atoms with E-state index in [0.29, 0.717) is 5.02 Å². The Kier molecular flexibility index (Phi) is 6.28. The zero-order chi connectivity index (χ0) is 19.5. The fraction of sp³-hybridized carbons (Fsp3) is 0.278. The van der Waals surface area contributed by atoms with E-state index in [1.54, 1.807) is 26.0 Å². The summed E-state index contributed by atoms with van der Waals surface area (Å²) in [5, 5.41) is 12.7. The smallest absolute Gasteiger partial charge is 0.255 e. The number of benzene rings is 2. The van der Waals surface area contributed by atoms with Crippen LogP contribution in [0.1, 0.15) is 29.8 Å².